The Balaban J connectivity index is 1.97. The quantitative estimate of drug-likeness (QED) is 0.779. The summed E-state index contributed by atoms with van der Waals surface area (Å²) in [5.41, 5.74) is 0.981. The van der Waals surface area contributed by atoms with Gasteiger partial charge in [0.2, 0.25) is 0 Å². The lowest BCUT2D eigenvalue weighted by Gasteiger charge is -2.36. The van der Waals surface area contributed by atoms with Crippen molar-refractivity contribution in [1.82, 2.24) is 4.90 Å². The maximum absolute atomic E-state index is 12.5. The number of carbonyl (C=O) groups is 1. The molecule has 1 aromatic rings. The fourth-order valence-corrected chi connectivity index (χ4v) is 2.97. The Labute approximate surface area is 138 Å². The lowest BCUT2D eigenvalue weighted by molar-refractivity contribution is 0.0634. The minimum absolute atomic E-state index is 0.0661. The molecule has 1 aliphatic rings. The Hall–Kier alpha value is -1.81. The highest BCUT2D eigenvalue weighted by Gasteiger charge is 2.30. The molecule has 0 saturated heterocycles. The van der Waals surface area contributed by atoms with E-state index in [2.05, 4.69) is 13.0 Å². The molecule has 0 aromatic heterocycles. The minimum atomic E-state index is -0.293. The molecule has 23 heavy (non-hydrogen) atoms. The molecule has 0 spiro atoms. The van der Waals surface area contributed by atoms with Crippen LogP contribution in [0.4, 0.5) is 4.79 Å². The van der Waals surface area contributed by atoms with E-state index in [1.807, 2.05) is 36.4 Å². The van der Waals surface area contributed by atoms with Crippen LogP contribution in [-0.2, 0) is 11.3 Å². The zero-order valence-corrected chi connectivity index (χ0v) is 13.9. The lowest BCUT2D eigenvalue weighted by Crippen LogP contribution is -2.46. The van der Waals surface area contributed by atoms with Crippen LogP contribution in [-0.4, -0.2) is 35.3 Å². The molecule has 0 aliphatic carbocycles. The van der Waals surface area contributed by atoms with Crippen LogP contribution in [0.15, 0.2) is 42.5 Å². The highest BCUT2D eigenvalue weighted by atomic mass is 16.6. The molecule has 1 amide bonds. The summed E-state index contributed by atoms with van der Waals surface area (Å²) in [4.78, 5) is 14.2. The van der Waals surface area contributed by atoms with E-state index in [0.717, 1.165) is 31.2 Å². The van der Waals surface area contributed by atoms with Gasteiger partial charge in [0.05, 0.1) is 6.04 Å². The van der Waals surface area contributed by atoms with Gasteiger partial charge in [-0.1, -0.05) is 62.2 Å². The summed E-state index contributed by atoms with van der Waals surface area (Å²) in [5, 5.41) is 9.70. The monoisotopic (exact) mass is 317 g/mol. The van der Waals surface area contributed by atoms with Crippen LogP contribution in [0, 0.1) is 5.92 Å². The number of unbranched alkanes of at least 4 members (excludes halogenated alkanes) is 1. The van der Waals surface area contributed by atoms with Gasteiger partial charge in [0, 0.05) is 19.1 Å². The van der Waals surface area contributed by atoms with Gasteiger partial charge in [0.1, 0.15) is 6.61 Å². The summed E-state index contributed by atoms with van der Waals surface area (Å²) in [6.45, 7) is 3.16. The predicted octanol–water partition coefficient (Wildman–Crippen LogP) is 3.75. The first-order valence-electron chi connectivity index (χ1n) is 8.51. The highest BCUT2D eigenvalue weighted by molar-refractivity contribution is 5.68. The van der Waals surface area contributed by atoms with E-state index in [0.29, 0.717) is 6.54 Å². The predicted molar refractivity (Wildman–Crippen MR) is 91.0 cm³/mol. The number of hydrogen-bond donors (Lipinski definition) is 1. The molecule has 0 saturated carbocycles. The number of ether oxygens (including phenoxy) is 1. The van der Waals surface area contributed by atoms with Crippen LogP contribution >= 0.6 is 0 Å². The van der Waals surface area contributed by atoms with Crippen molar-refractivity contribution in [2.45, 2.75) is 45.3 Å². The van der Waals surface area contributed by atoms with E-state index in [9.17, 15) is 9.90 Å². The lowest BCUT2D eigenvalue weighted by atomic mass is 9.91. The van der Waals surface area contributed by atoms with Gasteiger partial charge in [-0.25, -0.2) is 4.79 Å². The molecule has 2 unspecified atom stereocenters. The Bertz CT molecular complexity index is 501. The molecule has 0 bridgehead atoms. The van der Waals surface area contributed by atoms with Crippen molar-refractivity contribution in [2.75, 3.05) is 13.2 Å². The molecule has 1 heterocycles. The average Bonchev–Trinajstić information content (AvgIpc) is 2.61. The molecular weight excluding hydrogens is 290 g/mol. The third-order valence-electron chi connectivity index (χ3n) is 4.32. The van der Waals surface area contributed by atoms with Crippen LogP contribution in [0.5, 0.6) is 0 Å². The van der Waals surface area contributed by atoms with Crippen molar-refractivity contribution in [3.05, 3.63) is 48.0 Å². The standard InChI is InChI=1S/C19H27NO3/c1-2-3-11-17(14-21)18-12-7-8-13-20(18)19(22)23-15-16-9-5-4-6-10-16/h4-7,9-10,12,17-18,21H,2-3,8,11,13-15H2,1H3. The first kappa shape index (κ1) is 17.5. The smallest absolute Gasteiger partial charge is 0.410 e. The number of aliphatic hydroxyl groups is 1. The molecule has 0 radical (unpaired) electrons. The fourth-order valence-electron chi connectivity index (χ4n) is 2.97. The molecule has 1 aromatic carbocycles. The second-order valence-electron chi connectivity index (χ2n) is 6.03. The van der Waals surface area contributed by atoms with Gasteiger partial charge >= 0.3 is 6.09 Å². The van der Waals surface area contributed by atoms with Crippen LogP contribution in [0.3, 0.4) is 0 Å². The van der Waals surface area contributed by atoms with Gasteiger partial charge in [0.25, 0.3) is 0 Å². The Morgan fingerprint density at radius 1 is 1.39 bits per heavy atom. The van der Waals surface area contributed by atoms with E-state index in [1.54, 1.807) is 4.90 Å². The Kier molecular flexibility index (Phi) is 7.14. The Morgan fingerprint density at radius 2 is 2.17 bits per heavy atom. The summed E-state index contributed by atoms with van der Waals surface area (Å²) in [6, 6.07) is 9.63. The van der Waals surface area contributed by atoms with Gasteiger partial charge in [-0.15, -0.1) is 0 Å². The first-order valence-corrected chi connectivity index (χ1v) is 8.51. The summed E-state index contributed by atoms with van der Waals surface area (Å²) in [5.74, 6) is 0.0794. The maximum atomic E-state index is 12.5. The van der Waals surface area contributed by atoms with Crippen LogP contribution in [0.25, 0.3) is 0 Å². The number of benzene rings is 1. The number of rotatable bonds is 7. The molecule has 0 fully saturated rings. The average molecular weight is 317 g/mol. The number of carbonyl (C=O) groups excluding carboxylic acids is 1. The molecular formula is C19H27NO3. The third-order valence-corrected chi connectivity index (χ3v) is 4.32. The number of hydrogen-bond acceptors (Lipinski definition) is 3. The largest absolute Gasteiger partial charge is 0.445 e. The van der Waals surface area contributed by atoms with E-state index in [-0.39, 0.29) is 31.3 Å². The SMILES string of the molecule is CCCCC(CO)C1C=CCCN1C(=O)OCc1ccccc1. The molecule has 1 aliphatic heterocycles. The van der Waals surface area contributed by atoms with E-state index in [4.69, 9.17) is 4.74 Å². The van der Waals surface area contributed by atoms with Crippen molar-refractivity contribution in [3.8, 4) is 0 Å². The molecule has 126 valence electrons. The van der Waals surface area contributed by atoms with Crippen molar-refractivity contribution in [2.24, 2.45) is 5.92 Å². The summed E-state index contributed by atoms with van der Waals surface area (Å²) in [6.07, 6.45) is 7.75. The van der Waals surface area contributed by atoms with Gasteiger partial charge in [-0.2, -0.15) is 0 Å². The van der Waals surface area contributed by atoms with E-state index >= 15 is 0 Å². The highest BCUT2D eigenvalue weighted by Crippen LogP contribution is 2.23. The second kappa shape index (κ2) is 9.36. The van der Waals surface area contributed by atoms with Crippen LogP contribution < -0.4 is 0 Å². The summed E-state index contributed by atoms with van der Waals surface area (Å²) < 4.78 is 5.47. The number of nitrogens with zero attached hydrogens (tertiary/aromatic N) is 1. The molecule has 2 atom stereocenters. The fraction of sp³-hybridized carbons (Fsp3) is 0.526. The van der Waals surface area contributed by atoms with Gasteiger partial charge < -0.3 is 14.7 Å². The normalized spacial score (nSPS) is 18.7. The summed E-state index contributed by atoms with van der Waals surface area (Å²) in [7, 11) is 0. The summed E-state index contributed by atoms with van der Waals surface area (Å²) >= 11 is 0. The van der Waals surface area contributed by atoms with Crippen molar-refractivity contribution in [1.29, 1.82) is 0 Å². The van der Waals surface area contributed by atoms with Crippen molar-refractivity contribution >= 4 is 6.09 Å². The number of amides is 1. The molecule has 1 N–H and O–H groups in total. The maximum Gasteiger partial charge on any atom is 0.410 e. The topological polar surface area (TPSA) is 49.8 Å². The first-order chi connectivity index (χ1) is 11.3. The van der Waals surface area contributed by atoms with Gasteiger partial charge in [0.15, 0.2) is 0 Å². The molecule has 4 heteroatoms. The zero-order valence-electron chi connectivity index (χ0n) is 13.9. The third kappa shape index (κ3) is 5.10. The van der Waals surface area contributed by atoms with Crippen molar-refractivity contribution < 1.29 is 14.6 Å². The zero-order chi connectivity index (χ0) is 16.5. The minimum Gasteiger partial charge on any atom is -0.445 e. The van der Waals surface area contributed by atoms with E-state index in [1.165, 1.54) is 0 Å². The van der Waals surface area contributed by atoms with E-state index < -0.39 is 0 Å². The van der Waals surface area contributed by atoms with Gasteiger partial charge in [-0.3, -0.25) is 0 Å². The van der Waals surface area contributed by atoms with Gasteiger partial charge in [-0.05, 0) is 18.4 Å². The molecule has 2 rings (SSSR count). The molecule has 4 nitrogen and oxygen atoms in total. The Morgan fingerprint density at radius 3 is 2.87 bits per heavy atom. The van der Waals surface area contributed by atoms with Crippen LogP contribution in [0.1, 0.15) is 38.2 Å². The van der Waals surface area contributed by atoms with Crippen LogP contribution in [0.2, 0.25) is 0 Å². The number of aliphatic hydroxyl groups excluding tert-OH is 1. The second-order valence-corrected chi connectivity index (χ2v) is 6.03. The van der Waals surface area contributed by atoms with Crippen molar-refractivity contribution in [3.63, 3.8) is 0 Å².